The molecule has 13 nitrogen and oxygen atoms in total. The first kappa shape index (κ1) is 43.9. The molecule has 0 aliphatic carbocycles. The van der Waals surface area contributed by atoms with Crippen LogP contribution in [0, 0.1) is 17.8 Å². The minimum absolute atomic E-state index is 0.0436. The molecule has 2 amide bonds. The lowest BCUT2D eigenvalue weighted by Crippen LogP contribution is -2.58. The number of nitrogens with zero attached hydrogens (tertiary/aromatic N) is 3. The van der Waals surface area contributed by atoms with Crippen LogP contribution in [0.25, 0.3) is 0 Å². The second kappa shape index (κ2) is 18.5. The van der Waals surface area contributed by atoms with Crippen LogP contribution in [0.5, 0.6) is 23.0 Å². The topological polar surface area (TPSA) is 139 Å². The average molecular weight is 923 g/mol. The standard InChI is InChI=1S/C56H50N4O9/c1-65-42-21-17-36(18-22-42)15-16-37-19-23-45-44(31-37)56(55(64)57-45)48(53(62)59-27-25-58(26-28-59)34-38-20-24-46-47(32-38)68-35-67-46)50-54(63)69-51(40-11-6-3-7-12-40)49(39-9-4-2-5-10-39)60(50)52(56)41-13-8-14-43(33-41)66-30-29-61/h2-14,17-24,31-33,48-52,61H,25-30,34-35H2,1H3,(H,57,64)/t48-,49-,50-,51+,52+,56-/m0/s1. The Hall–Kier alpha value is -7.63. The normalized spacial score (nSPS) is 23.6. The summed E-state index contributed by atoms with van der Waals surface area (Å²) in [5, 5.41) is 13.0. The summed E-state index contributed by atoms with van der Waals surface area (Å²) in [6, 6.07) is 43.1. The highest BCUT2D eigenvalue weighted by Crippen LogP contribution is 2.65. The molecule has 0 aromatic heterocycles. The molecule has 11 rings (SSSR count). The van der Waals surface area contributed by atoms with Gasteiger partial charge in [0.1, 0.15) is 35.7 Å². The van der Waals surface area contributed by atoms with E-state index in [0.29, 0.717) is 72.4 Å². The summed E-state index contributed by atoms with van der Waals surface area (Å²) < 4.78 is 29.2. The monoisotopic (exact) mass is 922 g/mol. The van der Waals surface area contributed by atoms with Crippen molar-refractivity contribution in [3.8, 4) is 34.8 Å². The number of rotatable bonds is 10. The molecule has 2 N–H and O–H groups in total. The zero-order valence-electron chi connectivity index (χ0n) is 38.0. The highest BCUT2D eigenvalue weighted by atomic mass is 16.7. The summed E-state index contributed by atoms with van der Waals surface area (Å²) in [5.74, 6) is 6.62. The van der Waals surface area contributed by atoms with Gasteiger partial charge in [0, 0.05) is 49.5 Å². The Morgan fingerprint density at radius 3 is 2.20 bits per heavy atom. The maximum Gasteiger partial charge on any atom is 0.324 e. The molecule has 0 unspecified atom stereocenters. The van der Waals surface area contributed by atoms with Crippen LogP contribution in [0.2, 0.25) is 0 Å². The van der Waals surface area contributed by atoms with Gasteiger partial charge in [0.25, 0.3) is 0 Å². The number of fused-ring (bicyclic) bond motifs is 4. The van der Waals surface area contributed by atoms with Crippen molar-refractivity contribution in [2.45, 2.75) is 36.2 Å². The Labute approximate surface area is 400 Å². The Morgan fingerprint density at radius 2 is 1.45 bits per heavy atom. The average Bonchev–Trinajstić information content (AvgIpc) is 4.08. The molecular weight excluding hydrogens is 873 g/mol. The third kappa shape index (κ3) is 7.90. The number of morpholine rings is 1. The fraction of sp³-hybridized carbons (Fsp3) is 0.268. The number of nitrogens with one attached hydrogen (secondary N) is 1. The van der Waals surface area contributed by atoms with Gasteiger partial charge in [-0.3, -0.25) is 24.2 Å². The number of ether oxygens (including phenoxy) is 5. The van der Waals surface area contributed by atoms with E-state index < -0.39 is 47.4 Å². The van der Waals surface area contributed by atoms with E-state index >= 15 is 14.4 Å². The third-order valence-electron chi connectivity index (χ3n) is 14.1. The first-order valence-electron chi connectivity index (χ1n) is 23.3. The summed E-state index contributed by atoms with van der Waals surface area (Å²) in [6.45, 7) is 2.52. The molecule has 5 aliphatic heterocycles. The quantitative estimate of drug-likeness (QED) is 0.111. The molecule has 0 bridgehead atoms. The summed E-state index contributed by atoms with van der Waals surface area (Å²) >= 11 is 0. The van der Waals surface area contributed by atoms with Crippen LogP contribution < -0.4 is 24.3 Å². The number of carbonyl (C=O) groups excluding carboxylic acids is 3. The molecule has 6 atom stereocenters. The van der Waals surface area contributed by atoms with Gasteiger partial charge in [-0.25, -0.2) is 0 Å². The van der Waals surface area contributed by atoms with E-state index in [1.807, 2.05) is 144 Å². The van der Waals surface area contributed by atoms with E-state index in [9.17, 15) is 5.11 Å². The minimum atomic E-state index is -1.70. The first-order chi connectivity index (χ1) is 33.8. The van der Waals surface area contributed by atoms with Gasteiger partial charge in [-0.15, -0.1) is 0 Å². The molecular formula is C56H50N4O9. The molecule has 5 heterocycles. The number of piperazine rings is 1. The maximum absolute atomic E-state index is 16.1. The van der Waals surface area contributed by atoms with Gasteiger partial charge < -0.3 is 39.0 Å². The van der Waals surface area contributed by atoms with Crippen LogP contribution in [0.15, 0.2) is 146 Å². The highest BCUT2D eigenvalue weighted by Gasteiger charge is 2.74. The van der Waals surface area contributed by atoms with Crippen LogP contribution in [-0.2, 0) is 31.1 Å². The number of anilines is 1. The Bertz CT molecular complexity index is 2970. The number of aliphatic hydroxyl groups is 1. The Balaban J connectivity index is 1.08. The second-order valence-corrected chi connectivity index (χ2v) is 17.9. The van der Waals surface area contributed by atoms with Gasteiger partial charge in [0.15, 0.2) is 11.5 Å². The van der Waals surface area contributed by atoms with Gasteiger partial charge in [0.05, 0.1) is 31.7 Å². The minimum Gasteiger partial charge on any atom is -0.497 e. The summed E-state index contributed by atoms with van der Waals surface area (Å²) in [6.07, 6.45) is -0.815. The molecule has 6 aromatic carbocycles. The number of aliphatic hydroxyl groups excluding tert-OH is 1. The third-order valence-corrected chi connectivity index (χ3v) is 14.1. The molecule has 6 aromatic rings. The lowest BCUT2D eigenvalue weighted by molar-refractivity contribution is -0.179. The van der Waals surface area contributed by atoms with Gasteiger partial charge >= 0.3 is 5.97 Å². The van der Waals surface area contributed by atoms with E-state index in [0.717, 1.165) is 28.0 Å². The molecule has 0 radical (unpaired) electrons. The second-order valence-electron chi connectivity index (χ2n) is 17.9. The van der Waals surface area contributed by atoms with Crippen molar-refractivity contribution in [1.82, 2.24) is 14.7 Å². The van der Waals surface area contributed by atoms with E-state index in [1.54, 1.807) is 13.2 Å². The number of amides is 2. The van der Waals surface area contributed by atoms with E-state index in [1.165, 1.54) is 0 Å². The number of benzene rings is 6. The van der Waals surface area contributed by atoms with Crippen molar-refractivity contribution >= 4 is 23.5 Å². The summed E-state index contributed by atoms with van der Waals surface area (Å²) in [7, 11) is 1.61. The van der Waals surface area contributed by atoms with Crippen molar-refractivity contribution in [3.05, 3.63) is 185 Å². The van der Waals surface area contributed by atoms with Gasteiger partial charge in [-0.1, -0.05) is 90.7 Å². The fourth-order valence-corrected chi connectivity index (χ4v) is 11.0. The number of esters is 1. The van der Waals surface area contributed by atoms with E-state index in [-0.39, 0.29) is 25.9 Å². The number of methoxy groups -OCH3 is 1. The molecule has 0 saturated carbocycles. The molecule has 13 heteroatoms. The van der Waals surface area contributed by atoms with E-state index in [2.05, 4.69) is 27.0 Å². The van der Waals surface area contributed by atoms with Crippen LogP contribution in [0.4, 0.5) is 5.69 Å². The number of carbonyl (C=O) groups is 3. The van der Waals surface area contributed by atoms with Crippen molar-refractivity contribution in [2.24, 2.45) is 5.92 Å². The molecule has 3 fully saturated rings. The SMILES string of the molecule is COc1ccc(C#Cc2ccc3c(c2)[C@]2(C(=O)N3)[C@H](C(=O)N3CCN(Cc4ccc5c(c4)OCO5)CC3)[C@H]3C(=O)O[C@H](c4ccccc4)[C@H](c4ccccc4)N3[C@@H]2c2cccc(OCCO)c2)cc1. The fourth-order valence-electron chi connectivity index (χ4n) is 11.0. The summed E-state index contributed by atoms with van der Waals surface area (Å²) in [5.41, 5.74) is 4.11. The molecule has 3 saturated heterocycles. The van der Waals surface area contributed by atoms with Crippen LogP contribution >= 0.6 is 0 Å². The predicted octanol–water partition coefficient (Wildman–Crippen LogP) is 6.81. The van der Waals surface area contributed by atoms with Gasteiger partial charge in [-0.05, 0) is 94.5 Å². The zero-order chi connectivity index (χ0) is 47.1. The highest BCUT2D eigenvalue weighted by molar-refractivity contribution is 6.12. The van der Waals surface area contributed by atoms with Crippen molar-refractivity contribution < 1.29 is 43.2 Å². The van der Waals surface area contributed by atoms with Gasteiger partial charge in [0.2, 0.25) is 18.6 Å². The predicted molar refractivity (Wildman–Crippen MR) is 255 cm³/mol. The smallest absolute Gasteiger partial charge is 0.324 e. The van der Waals surface area contributed by atoms with Crippen molar-refractivity contribution in [2.75, 3.05) is 58.6 Å². The van der Waals surface area contributed by atoms with Crippen LogP contribution in [0.3, 0.4) is 0 Å². The summed E-state index contributed by atoms with van der Waals surface area (Å²) in [4.78, 5) is 53.5. The van der Waals surface area contributed by atoms with Crippen LogP contribution in [0.1, 0.15) is 57.1 Å². The van der Waals surface area contributed by atoms with Gasteiger partial charge in [-0.2, -0.15) is 0 Å². The lowest BCUT2D eigenvalue weighted by atomic mass is 9.65. The molecule has 69 heavy (non-hydrogen) atoms. The number of hydrogen-bond acceptors (Lipinski definition) is 11. The van der Waals surface area contributed by atoms with Crippen molar-refractivity contribution in [1.29, 1.82) is 0 Å². The molecule has 1 spiro atoms. The first-order valence-corrected chi connectivity index (χ1v) is 23.3. The van der Waals surface area contributed by atoms with Crippen LogP contribution in [-0.4, -0.2) is 96.9 Å². The molecule has 5 aliphatic rings. The molecule has 348 valence electrons. The van der Waals surface area contributed by atoms with Crippen molar-refractivity contribution in [3.63, 3.8) is 0 Å². The maximum atomic E-state index is 16.1. The largest absolute Gasteiger partial charge is 0.497 e. The Kier molecular flexibility index (Phi) is 11.7. The number of cyclic esters (lactones) is 1. The lowest BCUT2D eigenvalue weighted by Gasteiger charge is -2.46. The number of hydrogen-bond donors (Lipinski definition) is 2. The zero-order valence-corrected chi connectivity index (χ0v) is 38.0. The van der Waals surface area contributed by atoms with E-state index in [4.69, 9.17) is 23.7 Å². The Morgan fingerprint density at radius 1 is 0.739 bits per heavy atom.